The molecule has 7 nitrogen and oxygen atoms in total. The molecule has 0 atom stereocenters. The van der Waals surface area contributed by atoms with Crippen LogP contribution >= 0.6 is 23.4 Å². The zero-order valence-electron chi connectivity index (χ0n) is 16.7. The standard InChI is InChI=1S/C22H19ClN2O5S2/c23-17-8-10-19(11-9-17)31-14-15-4-6-16(7-5-15)22(27)30-13-21(26)25-18-2-1-3-20(12-18)32(24,28)29/h1-12H,13-14H2,(H,25,26)(H2,24,28,29). The zero-order chi connectivity index (χ0) is 23.1. The number of ether oxygens (including phenoxy) is 1. The number of nitrogens with two attached hydrogens (primary N) is 1. The van der Waals surface area contributed by atoms with Crippen molar-refractivity contribution in [3.8, 4) is 0 Å². The van der Waals surface area contributed by atoms with Gasteiger partial charge < -0.3 is 10.1 Å². The highest BCUT2D eigenvalue weighted by molar-refractivity contribution is 7.98. The normalized spacial score (nSPS) is 11.1. The Labute approximate surface area is 195 Å². The maximum absolute atomic E-state index is 12.2. The molecule has 0 spiro atoms. The molecule has 0 aliphatic heterocycles. The lowest BCUT2D eigenvalue weighted by Gasteiger charge is -2.08. The molecule has 3 N–H and O–H groups in total. The Hall–Kier alpha value is -2.85. The van der Waals surface area contributed by atoms with E-state index in [1.165, 1.54) is 24.3 Å². The zero-order valence-corrected chi connectivity index (χ0v) is 19.0. The first-order chi connectivity index (χ1) is 15.2. The van der Waals surface area contributed by atoms with E-state index in [1.807, 2.05) is 36.4 Å². The van der Waals surface area contributed by atoms with Gasteiger partial charge in [-0.25, -0.2) is 18.4 Å². The van der Waals surface area contributed by atoms with Gasteiger partial charge in [-0.05, 0) is 60.2 Å². The molecule has 0 aliphatic carbocycles. The molecule has 0 saturated carbocycles. The minimum absolute atomic E-state index is 0.137. The van der Waals surface area contributed by atoms with Crippen molar-refractivity contribution in [2.75, 3.05) is 11.9 Å². The maximum Gasteiger partial charge on any atom is 0.338 e. The first-order valence-electron chi connectivity index (χ1n) is 9.28. The van der Waals surface area contributed by atoms with Gasteiger partial charge in [0.05, 0.1) is 10.5 Å². The van der Waals surface area contributed by atoms with Crippen LogP contribution in [0.4, 0.5) is 5.69 Å². The molecule has 1 amide bonds. The van der Waals surface area contributed by atoms with E-state index >= 15 is 0 Å². The number of thioether (sulfide) groups is 1. The third-order valence-corrected chi connectivity index (χ3v) is 6.44. The van der Waals surface area contributed by atoms with Gasteiger partial charge in [0.2, 0.25) is 10.0 Å². The number of primary sulfonamides is 1. The Bertz CT molecular complexity index is 1210. The molecule has 0 aromatic heterocycles. The van der Waals surface area contributed by atoms with Gasteiger partial charge in [0.1, 0.15) is 0 Å². The molecule has 0 heterocycles. The second-order valence-corrected chi connectivity index (χ2v) is 9.68. The molecular formula is C22H19ClN2O5S2. The van der Waals surface area contributed by atoms with Crippen LogP contribution in [0.5, 0.6) is 0 Å². The fraction of sp³-hybridized carbons (Fsp3) is 0.0909. The molecule has 0 fully saturated rings. The summed E-state index contributed by atoms with van der Waals surface area (Å²) in [5.74, 6) is -0.534. The number of carbonyl (C=O) groups is 2. The highest BCUT2D eigenvalue weighted by Gasteiger charge is 2.12. The summed E-state index contributed by atoms with van der Waals surface area (Å²) in [6.45, 7) is -0.521. The van der Waals surface area contributed by atoms with Gasteiger partial charge in [-0.1, -0.05) is 29.8 Å². The Kier molecular flexibility index (Phi) is 7.92. The third-order valence-electron chi connectivity index (χ3n) is 4.19. The molecule has 0 unspecified atom stereocenters. The molecular weight excluding hydrogens is 472 g/mol. The Morgan fingerprint density at radius 2 is 1.69 bits per heavy atom. The van der Waals surface area contributed by atoms with Crippen molar-refractivity contribution in [3.05, 3.63) is 88.9 Å². The number of carbonyl (C=O) groups excluding carboxylic acids is 2. The number of hydrogen-bond donors (Lipinski definition) is 2. The molecule has 32 heavy (non-hydrogen) atoms. The van der Waals surface area contributed by atoms with Crippen LogP contribution in [-0.2, 0) is 25.3 Å². The van der Waals surface area contributed by atoms with Crippen LogP contribution in [0.15, 0.2) is 82.6 Å². The average Bonchev–Trinajstić information content (AvgIpc) is 2.77. The monoisotopic (exact) mass is 490 g/mol. The van der Waals surface area contributed by atoms with Crippen molar-refractivity contribution in [1.29, 1.82) is 0 Å². The number of nitrogens with one attached hydrogen (secondary N) is 1. The van der Waals surface area contributed by atoms with Crippen LogP contribution in [-0.4, -0.2) is 26.9 Å². The molecule has 3 aromatic rings. The first kappa shape index (κ1) is 23.8. The second kappa shape index (κ2) is 10.6. The largest absolute Gasteiger partial charge is 0.452 e. The maximum atomic E-state index is 12.2. The SMILES string of the molecule is NS(=O)(=O)c1cccc(NC(=O)COC(=O)c2ccc(CSc3ccc(Cl)cc3)cc2)c1. The van der Waals surface area contributed by atoms with E-state index in [4.69, 9.17) is 21.5 Å². The van der Waals surface area contributed by atoms with Crippen molar-refractivity contribution in [2.45, 2.75) is 15.5 Å². The third kappa shape index (κ3) is 7.10. The molecule has 10 heteroatoms. The molecule has 0 bridgehead atoms. The number of halogens is 1. The Morgan fingerprint density at radius 1 is 1.00 bits per heavy atom. The Morgan fingerprint density at radius 3 is 2.34 bits per heavy atom. The highest BCUT2D eigenvalue weighted by atomic mass is 35.5. The predicted molar refractivity (Wildman–Crippen MR) is 124 cm³/mol. The van der Waals surface area contributed by atoms with Gasteiger partial charge in [0.15, 0.2) is 6.61 Å². The van der Waals surface area contributed by atoms with Crippen LogP contribution in [0.3, 0.4) is 0 Å². The summed E-state index contributed by atoms with van der Waals surface area (Å²) in [5, 5.41) is 8.21. The number of amides is 1. The van der Waals surface area contributed by atoms with Gasteiger partial charge in [-0.3, -0.25) is 4.79 Å². The van der Waals surface area contributed by atoms with Crippen LogP contribution in [0.1, 0.15) is 15.9 Å². The minimum atomic E-state index is -3.89. The fourth-order valence-electron chi connectivity index (χ4n) is 2.60. The van der Waals surface area contributed by atoms with E-state index < -0.39 is 28.5 Å². The lowest BCUT2D eigenvalue weighted by Crippen LogP contribution is -2.21. The summed E-state index contributed by atoms with van der Waals surface area (Å²) in [6, 6.07) is 19.9. The average molecular weight is 491 g/mol. The smallest absolute Gasteiger partial charge is 0.338 e. The summed E-state index contributed by atoms with van der Waals surface area (Å²) in [5.41, 5.74) is 1.56. The van der Waals surface area contributed by atoms with E-state index in [1.54, 1.807) is 23.9 Å². The number of sulfonamides is 1. The van der Waals surface area contributed by atoms with Gasteiger partial charge in [0.25, 0.3) is 5.91 Å². The summed E-state index contributed by atoms with van der Waals surface area (Å²) in [6.07, 6.45) is 0. The number of benzene rings is 3. The highest BCUT2D eigenvalue weighted by Crippen LogP contribution is 2.24. The molecule has 0 radical (unpaired) electrons. The first-order valence-corrected chi connectivity index (χ1v) is 12.2. The number of esters is 1. The summed E-state index contributed by atoms with van der Waals surface area (Å²) in [4.78, 5) is 25.2. The summed E-state index contributed by atoms with van der Waals surface area (Å²) >= 11 is 7.52. The summed E-state index contributed by atoms with van der Waals surface area (Å²) in [7, 11) is -3.89. The van der Waals surface area contributed by atoms with E-state index in [-0.39, 0.29) is 10.6 Å². The number of anilines is 1. The van der Waals surface area contributed by atoms with E-state index in [2.05, 4.69) is 5.32 Å². The molecule has 3 aromatic carbocycles. The van der Waals surface area contributed by atoms with Crippen LogP contribution < -0.4 is 10.5 Å². The van der Waals surface area contributed by atoms with Crippen LogP contribution in [0, 0.1) is 0 Å². The van der Waals surface area contributed by atoms with Gasteiger partial charge in [-0.2, -0.15) is 0 Å². The van der Waals surface area contributed by atoms with Gasteiger partial charge >= 0.3 is 5.97 Å². The molecule has 0 aliphatic rings. The minimum Gasteiger partial charge on any atom is -0.452 e. The number of hydrogen-bond acceptors (Lipinski definition) is 6. The van der Waals surface area contributed by atoms with Crippen LogP contribution in [0.25, 0.3) is 0 Å². The number of rotatable bonds is 8. The topological polar surface area (TPSA) is 116 Å². The van der Waals surface area contributed by atoms with E-state index in [0.717, 1.165) is 16.2 Å². The lowest BCUT2D eigenvalue weighted by molar-refractivity contribution is -0.119. The molecule has 166 valence electrons. The van der Waals surface area contributed by atoms with Crippen molar-refractivity contribution >= 4 is 50.9 Å². The second-order valence-electron chi connectivity index (χ2n) is 6.64. The lowest BCUT2D eigenvalue weighted by atomic mass is 10.1. The van der Waals surface area contributed by atoms with E-state index in [0.29, 0.717) is 10.6 Å². The Balaban J connectivity index is 1.49. The molecule has 0 saturated heterocycles. The summed E-state index contributed by atoms with van der Waals surface area (Å²) < 4.78 is 27.8. The van der Waals surface area contributed by atoms with Gasteiger partial charge in [0, 0.05) is 21.4 Å². The van der Waals surface area contributed by atoms with Gasteiger partial charge in [-0.15, -0.1) is 11.8 Å². The van der Waals surface area contributed by atoms with Crippen molar-refractivity contribution in [1.82, 2.24) is 0 Å². The fourth-order valence-corrected chi connectivity index (χ4v) is 4.14. The van der Waals surface area contributed by atoms with Crippen molar-refractivity contribution < 1.29 is 22.7 Å². The van der Waals surface area contributed by atoms with Crippen LogP contribution in [0.2, 0.25) is 5.02 Å². The van der Waals surface area contributed by atoms with Crippen molar-refractivity contribution in [2.24, 2.45) is 5.14 Å². The predicted octanol–water partition coefficient (Wildman–Crippen LogP) is 4.08. The van der Waals surface area contributed by atoms with Crippen molar-refractivity contribution in [3.63, 3.8) is 0 Å². The van der Waals surface area contributed by atoms with E-state index in [9.17, 15) is 18.0 Å². The quantitative estimate of drug-likeness (QED) is 0.363. The molecule has 3 rings (SSSR count).